The van der Waals surface area contributed by atoms with Crippen LogP contribution in [0.25, 0.3) is 21.5 Å². The minimum atomic E-state index is -0.0968. The van der Waals surface area contributed by atoms with E-state index < -0.39 is 0 Å². The number of carbonyl (C=O) groups is 1. The fourth-order valence-electron chi connectivity index (χ4n) is 2.89. The number of benzene rings is 2. The van der Waals surface area contributed by atoms with Crippen LogP contribution in [0.4, 0.5) is 5.69 Å². The molecule has 28 heavy (non-hydrogen) atoms. The van der Waals surface area contributed by atoms with Gasteiger partial charge >= 0.3 is 0 Å². The highest BCUT2D eigenvalue weighted by Gasteiger charge is 2.17. The van der Waals surface area contributed by atoms with E-state index in [1.807, 2.05) is 12.1 Å². The number of rotatable bonds is 6. The van der Waals surface area contributed by atoms with Gasteiger partial charge in [0.25, 0.3) is 0 Å². The minimum Gasteiger partial charge on any atom is -0.325 e. The average molecular weight is 429 g/mol. The van der Waals surface area contributed by atoms with Crippen LogP contribution >= 0.6 is 34.7 Å². The van der Waals surface area contributed by atoms with Crippen molar-refractivity contribution in [2.24, 2.45) is 0 Å². The molecule has 0 unspecified atom stereocenters. The van der Waals surface area contributed by atoms with Gasteiger partial charge in [0.05, 0.1) is 5.75 Å². The Morgan fingerprint density at radius 3 is 2.75 bits per heavy atom. The van der Waals surface area contributed by atoms with Crippen LogP contribution in [-0.2, 0) is 11.3 Å². The molecule has 0 radical (unpaired) electrons. The van der Waals surface area contributed by atoms with Crippen LogP contribution in [0.2, 0.25) is 5.02 Å². The lowest BCUT2D eigenvalue weighted by molar-refractivity contribution is -0.113. The topological polar surface area (TPSA) is 59.8 Å². The maximum Gasteiger partial charge on any atom is 0.234 e. The number of nitrogens with one attached hydrogen (secondary N) is 1. The van der Waals surface area contributed by atoms with Crippen LogP contribution in [0.3, 0.4) is 0 Å². The summed E-state index contributed by atoms with van der Waals surface area (Å²) in [6.07, 6.45) is 0. The number of amides is 1. The van der Waals surface area contributed by atoms with Gasteiger partial charge < -0.3 is 9.88 Å². The summed E-state index contributed by atoms with van der Waals surface area (Å²) >= 11 is 8.95. The molecule has 2 aromatic carbocycles. The van der Waals surface area contributed by atoms with E-state index in [0.717, 1.165) is 28.8 Å². The molecule has 8 heteroatoms. The molecule has 0 saturated heterocycles. The van der Waals surface area contributed by atoms with Crippen molar-refractivity contribution in [2.45, 2.75) is 18.6 Å². The summed E-state index contributed by atoms with van der Waals surface area (Å²) in [5.74, 6) is 0.992. The van der Waals surface area contributed by atoms with Gasteiger partial charge in [-0.3, -0.25) is 4.79 Å². The summed E-state index contributed by atoms with van der Waals surface area (Å²) in [4.78, 5) is 12.3. The third-order valence-corrected chi connectivity index (χ3v) is 6.40. The van der Waals surface area contributed by atoms with Gasteiger partial charge in [0.1, 0.15) is 0 Å². The SMILES string of the molecule is CCn1c(SCC(=O)Nc2ccc(Cl)cc2)nnc1-c1csc2ccccc12. The molecule has 142 valence electrons. The summed E-state index contributed by atoms with van der Waals surface area (Å²) in [6, 6.07) is 15.3. The van der Waals surface area contributed by atoms with Crippen molar-refractivity contribution in [3.63, 3.8) is 0 Å². The Balaban J connectivity index is 1.50. The zero-order valence-electron chi connectivity index (χ0n) is 15.1. The van der Waals surface area contributed by atoms with E-state index in [1.54, 1.807) is 35.6 Å². The molecule has 0 spiro atoms. The predicted octanol–water partition coefficient (Wildman–Crippen LogP) is 5.56. The van der Waals surface area contributed by atoms with Gasteiger partial charge in [-0.2, -0.15) is 0 Å². The molecule has 4 rings (SSSR count). The summed E-state index contributed by atoms with van der Waals surface area (Å²) in [6.45, 7) is 2.78. The lowest BCUT2D eigenvalue weighted by Crippen LogP contribution is -2.14. The summed E-state index contributed by atoms with van der Waals surface area (Å²) in [5, 5.41) is 16.2. The fourth-order valence-corrected chi connectivity index (χ4v) is 4.76. The van der Waals surface area contributed by atoms with Crippen molar-refractivity contribution in [1.29, 1.82) is 0 Å². The number of hydrogen-bond donors (Lipinski definition) is 1. The van der Waals surface area contributed by atoms with E-state index in [9.17, 15) is 4.79 Å². The molecule has 0 atom stereocenters. The van der Waals surface area contributed by atoms with Gasteiger partial charge in [0, 0.05) is 38.3 Å². The zero-order valence-corrected chi connectivity index (χ0v) is 17.4. The van der Waals surface area contributed by atoms with Crippen molar-refractivity contribution < 1.29 is 4.79 Å². The van der Waals surface area contributed by atoms with Crippen LogP contribution in [0.1, 0.15) is 6.92 Å². The number of fused-ring (bicyclic) bond motifs is 1. The van der Waals surface area contributed by atoms with Crippen LogP contribution in [0, 0.1) is 0 Å². The molecule has 0 bridgehead atoms. The third kappa shape index (κ3) is 3.92. The van der Waals surface area contributed by atoms with Gasteiger partial charge in [-0.15, -0.1) is 21.5 Å². The highest BCUT2D eigenvalue weighted by molar-refractivity contribution is 7.99. The first kappa shape index (κ1) is 19.0. The van der Waals surface area contributed by atoms with Crippen LogP contribution in [0.15, 0.2) is 59.1 Å². The van der Waals surface area contributed by atoms with Gasteiger partial charge in [-0.05, 0) is 37.3 Å². The van der Waals surface area contributed by atoms with Gasteiger partial charge in [0.15, 0.2) is 11.0 Å². The Morgan fingerprint density at radius 2 is 1.96 bits per heavy atom. The maximum atomic E-state index is 12.3. The lowest BCUT2D eigenvalue weighted by atomic mass is 10.1. The van der Waals surface area contributed by atoms with Crippen molar-refractivity contribution >= 4 is 56.4 Å². The number of carbonyl (C=O) groups excluding carboxylic acids is 1. The molecular weight excluding hydrogens is 412 g/mol. The van der Waals surface area contributed by atoms with Gasteiger partial charge in [-0.1, -0.05) is 41.6 Å². The van der Waals surface area contributed by atoms with Crippen LogP contribution in [-0.4, -0.2) is 26.4 Å². The van der Waals surface area contributed by atoms with E-state index in [2.05, 4.69) is 44.5 Å². The molecule has 0 aliphatic heterocycles. The van der Waals surface area contributed by atoms with Crippen molar-refractivity contribution in [1.82, 2.24) is 14.8 Å². The number of thiophene rings is 1. The molecule has 0 aliphatic carbocycles. The number of aromatic nitrogens is 3. The van der Waals surface area contributed by atoms with E-state index in [-0.39, 0.29) is 11.7 Å². The molecule has 2 heterocycles. The summed E-state index contributed by atoms with van der Waals surface area (Å²) in [5.41, 5.74) is 1.80. The minimum absolute atomic E-state index is 0.0968. The number of anilines is 1. The molecule has 0 saturated carbocycles. The van der Waals surface area contributed by atoms with Crippen LogP contribution in [0.5, 0.6) is 0 Å². The number of hydrogen-bond acceptors (Lipinski definition) is 5. The van der Waals surface area contributed by atoms with E-state index in [4.69, 9.17) is 11.6 Å². The Bertz CT molecular complexity index is 1120. The van der Waals surface area contributed by atoms with Gasteiger partial charge in [-0.25, -0.2) is 0 Å². The standard InChI is InChI=1S/C20H17ClN4OS2/c1-2-25-19(16-11-27-17-6-4-3-5-15(16)17)23-24-20(25)28-12-18(26)22-14-9-7-13(21)8-10-14/h3-11H,2,12H2,1H3,(H,22,26). The molecule has 4 aromatic rings. The Morgan fingerprint density at radius 1 is 1.18 bits per heavy atom. The second-order valence-corrected chi connectivity index (χ2v) is 8.33. The van der Waals surface area contributed by atoms with Crippen molar-refractivity contribution in [2.75, 3.05) is 11.1 Å². The first-order valence-electron chi connectivity index (χ1n) is 8.73. The first-order valence-corrected chi connectivity index (χ1v) is 11.0. The summed E-state index contributed by atoms with van der Waals surface area (Å²) in [7, 11) is 0. The number of halogens is 1. The molecule has 1 N–H and O–H groups in total. The fraction of sp³-hybridized carbons (Fsp3) is 0.150. The molecule has 0 fully saturated rings. The molecule has 2 aromatic heterocycles. The maximum absolute atomic E-state index is 12.3. The Hall–Kier alpha value is -2.35. The van der Waals surface area contributed by atoms with Crippen molar-refractivity contribution in [3.05, 3.63) is 58.9 Å². The largest absolute Gasteiger partial charge is 0.325 e. The average Bonchev–Trinajstić information content (AvgIpc) is 3.31. The summed E-state index contributed by atoms with van der Waals surface area (Å²) < 4.78 is 3.27. The second kappa shape index (κ2) is 8.34. The van der Waals surface area contributed by atoms with E-state index in [1.165, 1.54) is 21.8 Å². The normalized spacial score (nSPS) is 11.1. The Labute approximate surface area is 175 Å². The lowest BCUT2D eigenvalue weighted by Gasteiger charge is -2.07. The smallest absolute Gasteiger partial charge is 0.234 e. The van der Waals surface area contributed by atoms with Crippen LogP contribution < -0.4 is 5.32 Å². The molecular formula is C20H17ClN4OS2. The first-order chi connectivity index (χ1) is 13.7. The third-order valence-electron chi connectivity index (χ3n) is 4.22. The molecule has 1 amide bonds. The number of nitrogens with zero attached hydrogens (tertiary/aromatic N) is 3. The molecule has 0 aliphatic rings. The Kier molecular flexibility index (Phi) is 5.66. The molecule has 5 nitrogen and oxygen atoms in total. The second-order valence-electron chi connectivity index (χ2n) is 6.04. The van der Waals surface area contributed by atoms with E-state index in [0.29, 0.717) is 5.02 Å². The zero-order chi connectivity index (χ0) is 19.5. The van der Waals surface area contributed by atoms with Crippen molar-refractivity contribution in [3.8, 4) is 11.4 Å². The van der Waals surface area contributed by atoms with Gasteiger partial charge in [0.2, 0.25) is 5.91 Å². The van der Waals surface area contributed by atoms with E-state index >= 15 is 0 Å². The monoisotopic (exact) mass is 428 g/mol. The quantitative estimate of drug-likeness (QED) is 0.408. The highest BCUT2D eigenvalue weighted by atomic mass is 35.5. The number of thioether (sulfide) groups is 1. The predicted molar refractivity (Wildman–Crippen MR) is 117 cm³/mol. The highest BCUT2D eigenvalue weighted by Crippen LogP contribution is 2.34.